The number of rotatable bonds is 2. The summed E-state index contributed by atoms with van der Waals surface area (Å²) in [5, 5.41) is 9.07. The number of hydrogen-bond donors (Lipinski definition) is 1. The largest absolute Gasteiger partial charge is 0.465 e. The molecule has 1 saturated carbocycles. The first-order valence-electron chi connectivity index (χ1n) is 8.49. The predicted octanol–water partition coefficient (Wildman–Crippen LogP) is 3.06. The molecule has 0 aromatic heterocycles. The van der Waals surface area contributed by atoms with Crippen molar-refractivity contribution in [2.45, 2.75) is 38.0 Å². The second kappa shape index (κ2) is 5.25. The Bertz CT molecular complexity index is 628. The SMILES string of the molecule is O=C(O)N1CCC2(CC1)CCN(c1ccc(C3CC3)cc1)C2=O. The zero-order chi connectivity index (χ0) is 16.0. The smallest absolute Gasteiger partial charge is 0.407 e. The average Bonchev–Trinajstić information content (AvgIpc) is 3.36. The molecule has 1 N–H and O–H groups in total. The summed E-state index contributed by atoms with van der Waals surface area (Å²) in [5.74, 6) is 0.909. The number of nitrogens with zero attached hydrogens (tertiary/aromatic N) is 2. The Morgan fingerprint density at radius 1 is 1.04 bits per heavy atom. The summed E-state index contributed by atoms with van der Waals surface area (Å²) < 4.78 is 0. The van der Waals surface area contributed by atoms with Gasteiger partial charge in [-0.2, -0.15) is 0 Å². The van der Waals surface area contributed by atoms with Gasteiger partial charge < -0.3 is 14.9 Å². The topological polar surface area (TPSA) is 60.9 Å². The molecule has 0 unspecified atom stereocenters. The van der Waals surface area contributed by atoms with Crippen molar-refractivity contribution in [2.75, 3.05) is 24.5 Å². The summed E-state index contributed by atoms with van der Waals surface area (Å²) in [6.07, 6.45) is 3.82. The molecule has 3 aliphatic rings. The lowest BCUT2D eigenvalue weighted by Gasteiger charge is -2.36. The van der Waals surface area contributed by atoms with Crippen LogP contribution in [0.2, 0.25) is 0 Å². The number of carboxylic acid groups (broad SMARTS) is 1. The van der Waals surface area contributed by atoms with Gasteiger partial charge in [-0.3, -0.25) is 4.79 Å². The van der Waals surface area contributed by atoms with E-state index in [0.29, 0.717) is 25.9 Å². The summed E-state index contributed by atoms with van der Waals surface area (Å²) >= 11 is 0. The van der Waals surface area contributed by atoms with Crippen molar-refractivity contribution in [3.05, 3.63) is 29.8 Å². The zero-order valence-corrected chi connectivity index (χ0v) is 13.2. The fourth-order valence-corrected chi connectivity index (χ4v) is 4.00. The van der Waals surface area contributed by atoms with Crippen molar-refractivity contribution >= 4 is 17.7 Å². The summed E-state index contributed by atoms with van der Waals surface area (Å²) in [5.41, 5.74) is 2.02. The van der Waals surface area contributed by atoms with Crippen molar-refractivity contribution in [1.29, 1.82) is 0 Å². The van der Waals surface area contributed by atoms with Crippen LogP contribution in [0.5, 0.6) is 0 Å². The Morgan fingerprint density at radius 3 is 2.22 bits per heavy atom. The first-order valence-corrected chi connectivity index (χ1v) is 8.49. The molecule has 2 saturated heterocycles. The number of amides is 2. The molecule has 1 spiro atoms. The van der Waals surface area contributed by atoms with Gasteiger partial charge in [0.15, 0.2) is 0 Å². The van der Waals surface area contributed by atoms with E-state index in [0.717, 1.165) is 24.6 Å². The van der Waals surface area contributed by atoms with Crippen LogP contribution >= 0.6 is 0 Å². The van der Waals surface area contributed by atoms with Crippen LogP contribution in [-0.4, -0.2) is 41.6 Å². The number of hydrogen-bond acceptors (Lipinski definition) is 2. The van der Waals surface area contributed by atoms with Crippen molar-refractivity contribution in [2.24, 2.45) is 5.41 Å². The van der Waals surface area contributed by atoms with E-state index in [4.69, 9.17) is 5.11 Å². The fourth-order valence-electron chi connectivity index (χ4n) is 4.00. The molecule has 2 amide bonds. The summed E-state index contributed by atoms with van der Waals surface area (Å²) in [6.45, 7) is 1.68. The molecular weight excluding hydrogens is 292 g/mol. The van der Waals surface area contributed by atoms with Crippen LogP contribution in [0.25, 0.3) is 0 Å². The lowest BCUT2D eigenvalue weighted by Crippen LogP contribution is -2.46. The molecule has 5 heteroatoms. The van der Waals surface area contributed by atoms with E-state index in [1.54, 1.807) is 0 Å². The van der Waals surface area contributed by atoms with Crippen molar-refractivity contribution in [1.82, 2.24) is 4.90 Å². The predicted molar refractivity (Wildman–Crippen MR) is 86.7 cm³/mol. The highest BCUT2D eigenvalue weighted by atomic mass is 16.4. The highest BCUT2D eigenvalue weighted by Crippen LogP contribution is 2.44. The van der Waals surface area contributed by atoms with Crippen molar-refractivity contribution < 1.29 is 14.7 Å². The van der Waals surface area contributed by atoms with E-state index >= 15 is 0 Å². The van der Waals surface area contributed by atoms with Crippen LogP contribution in [0.1, 0.15) is 43.6 Å². The first-order chi connectivity index (χ1) is 11.1. The van der Waals surface area contributed by atoms with Crippen molar-refractivity contribution in [3.63, 3.8) is 0 Å². The highest BCUT2D eigenvalue weighted by Gasteiger charge is 2.49. The Kier molecular flexibility index (Phi) is 3.32. The van der Waals surface area contributed by atoms with Crippen LogP contribution in [-0.2, 0) is 4.79 Å². The monoisotopic (exact) mass is 314 g/mol. The second-order valence-corrected chi connectivity index (χ2v) is 7.12. The van der Waals surface area contributed by atoms with E-state index in [2.05, 4.69) is 24.3 Å². The van der Waals surface area contributed by atoms with Crippen LogP contribution in [0, 0.1) is 5.41 Å². The molecule has 122 valence electrons. The van der Waals surface area contributed by atoms with Crippen molar-refractivity contribution in [3.8, 4) is 0 Å². The van der Waals surface area contributed by atoms with Gasteiger partial charge >= 0.3 is 6.09 Å². The van der Waals surface area contributed by atoms with Crippen LogP contribution in [0.3, 0.4) is 0 Å². The lowest BCUT2D eigenvalue weighted by molar-refractivity contribution is -0.127. The maximum absolute atomic E-state index is 13.0. The molecule has 4 rings (SSSR count). The summed E-state index contributed by atoms with van der Waals surface area (Å²) in [6, 6.07) is 8.44. The maximum Gasteiger partial charge on any atom is 0.407 e. The van der Waals surface area contributed by atoms with E-state index in [9.17, 15) is 9.59 Å². The molecule has 3 fully saturated rings. The van der Waals surface area contributed by atoms with Gasteiger partial charge in [-0.15, -0.1) is 0 Å². The molecule has 1 aliphatic carbocycles. The molecule has 5 nitrogen and oxygen atoms in total. The second-order valence-electron chi connectivity index (χ2n) is 7.12. The van der Waals surface area contributed by atoms with Gasteiger partial charge in [0, 0.05) is 25.3 Å². The lowest BCUT2D eigenvalue weighted by atomic mass is 9.77. The van der Waals surface area contributed by atoms with Gasteiger partial charge in [0.1, 0.15) is 0 Å². The van der Waals surface area contributed by atoms with Gasteiger partial charge in [-0.25, -0.2) is 4.79 Å². The van der Waals surface area contributed by atoms with E-state index in [1.165, 1.54) is 23.3 Å². The highest BCUT2D eigenvalue weighted by molar-refractivity contribution is 6.00. The minimum Gasteiger partial charge on any atom is -0.465 e. The van der Waals surface area contributed by atoms with Gasteiger partial charge in [0.05, 0.1) is 5.41 Å². The van der Waals surface area contributed by atoms with Crippen LogP contribution in [0.4, 0.5) is 10.5 Å². The Balaban J connectivity index is 1.48. The number of anilines is 1. The molecule has 23 heavy (non-hydrogen) atoms. The number of carbonyl (C=O) groups excluding carboxylic acids is 1. The zero-order valence-electron chi connectivity index (χ0n) is 13.2. The molecular formula is C18H22N2O3. The molecule has 0 radical (unpaired) electrons. The van der Waals surface area contributed by atoms with E-state index < -0.39 is 6.09 Å². The molecule has 0 atom stereocenters. The summed E-state index contributed by atoms with van der Waals surface area (Å²) in [7, 11) is 0. The van der Waals surface area contributed by atoms with Gasteiger partial charge in [-0.1, -0.05) is 12.1 Å². The van der Waals surface area contributed by atoms with E-state index in [1.807, 2.05) is 4.90 Å². The minimum absolute atomic E-state index is 0.182. The number of piperidine rings is 1. The average molecular weight is 314 g/mol. The molecule has 1 aromatic carbocycles. The fraction of sp³-hybridized carbons (Fsp3) is 0.556. The maximum atomic E-state index is 13.0. The third-order valence-electron chi connectivity index (χ3n) is 5.76. The standard InChI is InChI=1S/C18H22N2O3/c21-16-18(7-10-19(11-8-18)17(22)23)9-12-20(16)15-5-3-14(4-6-15)13-1-2-13/h3-6,13H,1-2,7-12H2,(H,22,23). The summed E-state index contributed by atoms with van der Waals surface area (Å²) in [4.78, 5) is 27.3. The van der Waals surface area contributed by atoms with Gasteiger partial charge in [0.25, 0.3) is 0 Å². The Hall–Kier alpha value is -2.04. The molecule has 2 heterocycles. The first kappa shape index (κ1) is 14.5. The number of carbonyl (C=O) groups is 2. The van der Waals surface area contributed by atoms with Crippen LogP contribution in [0.15, 0.2) is 24.3 Å². The quantitative estimate of drug-likeness (QED) is 0.912. The molecule has 0 bridgehead atoms. The Morgan fingerprint density at radius 2 is 1.65 bits per heavy atom. The Labute approximate surface area is 135 Å². The third kappa shape index (κ3) is 2.48. The van der Waals surface area contributed by atoms with E-state index in [-0.39, 0.29) is 11.3 Å². The minimum atomic E-state index is -0.877. The number of benzene rings is 1. The van der Waals surface area contributed by atoms with Gasteiger partial charge in [0.2, 0.25) is 5.91 Å². The number of likely N-dealkylation sites (tertiary alicyclic amines) is 1. The molecule has 1 aromatic rings. The molecule has 2 aliphatic heterocycles. The normalized spacial score (nSPS) is 23.6. The van der Waals surface area contributed by atoms with Crippen LogP contribution < -0.4 is 4.90 Å². The third-order valence-corrected chi connectivity index (χ3v) is 5.76. The van der Waals surface area contributed by atoms with Gasteiger partial charge in [-0.05, 0) is 55.7 Å².